The van der Waals surface area contributed by atoms with Crippen LogP contribution < -0.4 is 5.32 Å². The number of carbonyl (C=O) groups is 1. The van der Waals surface area contributed by atoms with Gasteiger partial charge in [-0.25, -0.2) is 4.98 Å². The fourth-order valence-corrected chi connectivity index (χ4v) is 1.96. The van der Waals surface area contributed by atoms with E-state index in [0.29, 0.717) is 18.1 Å². The van der Waals surface area contributed by atoms with E-state index in [2.05, 4.69) is 10.3 Å². The van der Waals surface area contributed by atoms with E-state index in [-0.39, 0.29) is 11.8 Å². The summed E-state index contributed by atoms with van der Waals surface area (Å²) in [5.41, 5.74) is 1.52. The molecule has 0 spiro atoms. The van der Waals surface area contributed by atoms with Gasteiger partial charge in [0.25, 0.3) is 5.91 Å². The van der Waals surface area contributed by atoms with Crippen LogP contribution in [0, 0.1) is 0 Å². The Morgan fingerprint density at radius 1 is 1.47 bits per heavy atom. The van der Waals surface area contributed by atoms with Crippen molar-refractivity contribution < 1.29 is 13.9 Å². The van der Waals surface area contributed by atoms with E-state index in [1.54, 1.807) is 0 Å². The van der Waals surface area contributed by atoms with Crippen LogP contribution in [0.4, 0.5) is 0 Å². The molecule has 1 N–H and O–H groups in total. The molecule has 0 unspecified atom stereocenters. The Labute approximate surface area is 113 Å². The summed E-state index contributed by atoms with van der Waals surface area (Å²) in [5.74, 6) is 0.725. The SMILES string of the molecule is CC(C)=CCNC(=O)c1coc(C2CCOCC2)n1. The number of hydrogen-bond acceptors (Lipinski definition) is 4. The van der Waals surface area contributed by atoms with Crippen molar-refractivity contribution in [3.05, 3.63) is 29.5 Å². The Hall–Kier alpha value is -1.62. The van der Waals surface area contributed by atoms with Crippen LogP contribution >= 0.6 is 0 Å². The molecule has 1 aliphatic rings. The van der Waals surface area contributed by atoms with Crippen molar-refractivity contribution >= 4 is 5.91 Å². The topological polar surface area (TPSA) is 64.4 Å². The van der Waals surface area contributed by atoms with E-state index >= 15 is 0 Å². The lowest BCUT2D eigenvalue weighted by molar-refractivity contribution is 0.0794. The van der Waals surface area contributed by atoms with Crippen molar-refractivity contribution in [2.24, 2.45) is 0 Å². The molecule has 2 rings (SSSR count). The summed E-state index contributed by atoms with van der Waals surface area (Å²) in [7, 11) is 0. The van der Waals surface area contributed by atoms with Crippen LogP contribution in [0.15, 0.2) is 22.3 Å². The van der Waals surface area contributed by atoms with Gasteiger partial charge in [0.2, 0.25) is 0 Å². The third kappa shape index (κ3) is 3.92. The zero-order valence-electron chi connectivity index (χ0n) is 11.4. The second-order valence-electron chi connectivity index (χ2n) is 4.95. The average Bonchev–Trinajstić information content (AvgIpc) is 2.89. The van der Waals surface area contributed by atoms with Crippen molar-refractivity contribution in [2.45, 2.75) is 32.6 Å². The molecule has 0 atom stereocenters. The van der Waals surface area contributed by atoms with Gasteiger partial charge in [-0.3, -0.25) is 4.79 Å². The number of oxazole rings is 1. The molecule has 2 heterocycles. The highest BCUT2D eigenvalue weighted by molar-refractivity contribution is 5.91. The van der Waals surface area contributed by atoms with E-state index < -0.39 is 0 Å². The number of allylic oxidation sites excluding steroid dienone is 1. The number of nitrogens with zero attached hydrogens (tertiary/aromatic N) is 1. The molecule has 1 saturated heterocycles. The number of aromatic nitrogens is 1. The molecule has 5 heteroatoms. The first-order valence-corrected chi connectivity index (χ1v) is 6.61. The van der Waals surface area contributed by atoms with E-state index in [0.717, 1.165) is 26.1 Å². The minimum atomic E-state index is -0.195. The third-order valence-corrected chi connectivity index (χ3v) is 3.10. The molecular weight excluding hydrogens is 244 g/mol. The molecule has 1 aromatic rings. The Bertz CT molecular complexity index is 455. The summed E-state index contributed by atoms with van der Waals surface area (Å²) in [6.45, 7) is 5.96. The number of nitrogens with one attached hydrogen (secondary N) is 1. The van der Waals surface area contributed by atoms with Gasteiger partial charge in [-0.05, 0) is 26.7 Å². The van der Waals surface area contributed by atoms with Crippen LogP contribution in [-0.2, 0) is 4.74 Å². The standard InChI is InChI=1S/C14H20N2O3/c1-10(2)3-6-15-13(17)12-9-19-14(16-12)11-4-7-18-8-5-11/h3,9,11H,4-8H2,1-2H3,(H,15,17). The highest BCUT2D eigenvalue weighted by atomic mass is 16.5. The predicted octanol–water partition coefficient (Wildman–Crippen LogP) is 2.26. The maximum Gasteiger partial charge on any atom is 0.273 e. The van der Waals surface area contributed by atoms with Gasteiger partial charge < -0.3 is 14.5 Å². The van der Waals surface area contributed by atoms with Crippen LogP contribution in [0.3, 0.4) is 0 Å². The number of hydrogen-bond donors (Lipinski definition) is 1. The number of ether oxygens (including phenoxy) is 1. The highest BCUT2D eigenvalue weighted by Crippen LogP contribution is 2.25. The molecule has 104 valence electrons. The molecule has 19 heavy (non-hydrogen) atoms. The quantitative estimate of drug-likeness (QED) is 0.847. The van der Waals surface area contributed by atoms with Gasteiger partial charge in [0.15, 0.2) is 11.6 Å². The van der Waals surface area contributed by atoms with Crippen LogP contribution in [0.1, 0.15) is 49.0 Å². The second-order valence-corrected chi connectivity index (χ2v) is 4.95. The lowest BCUT2D eigenvalue weighted by Gasteiger charge is -2.18. The lowest BCUT2D eigenvalue weighted by atomic mass is 10.0. The lowest BCUT2D eigenvalue weighted by Crippen LogP contribution is -2.24. The van der Waals surface area contributed by atoms with Gasteiger partial charge in [0.1, 0.15) is 6.26 Å². The fourth-order valence-electron chi connectivity index (χ4n) is 1.96. The minimum Gasteiger partial charge on any atom is -0.448 e. The average molecular weight is 264 g/mol. The molecule has 1 aliphatic heterocycles. The van der Waals surface area contributed by atoms with E-state index in [9.17, 15) is 4.79 Å². The second kappa shape index (κ2) is 6.52. The summed E-state index contributed by atoms with van der Waals surface area (Å²) in [5, 5.41) is 2.78. The first-order valence-electron chi connectivity index (χ1n) is 6.61. The Kier molecular flexibility index (Phi) is 4.74. The summed E-state index contributed by atoms with van der Waals surface area (Å²) < 4.78 is 10.7. The van der Waals surface area contributed by atoms with E-state index in [1.807, 2.05) is 19.9 Å². The maximum absolute atomic E-state index is 11.8. The first kappa shape index (κ1) is 13.8. The minimum absolute atomic E-state index is 0.195. The summed E-state index contributed by atoms with van der Waals surface area (Å²) in [6, 6.07) is 0. The van der Waals surface area contributed by atoms with Gasteiger partial charge in [0.05, 0.1) is 0 Å². The summed E-state index contributed by atoms with van der Waals surface area (Å²) >= 11 is 0. The monoisotopic (exact) mass is 264 g/mol. The molecule has 0 saturated carbocycles. The number of rotatable bonds is 4. The molecule has 1 aromatic heterocycles. The van der Waals surface area contributed by atoms with Crippen molar-refractivity contribution in [1.82, 2.24) is 10.3 Å². The first-order chi connectivity index (χ1) is 9.16. The molecular formula is C14H20N2O3. The van der Waals surface area contributed by atoms with E-state index in [1.165, 1.54) is 11.8 Å². The smallest absolute Gasteiger partial charge is 0.273 e. The van der Waals surface area contributed by atoms with Gasteiger partial charge in [0, 0.05) is 25.7 Å². The highest BCUT2D eigenvalue weighted by Gasteiger charge is 2.22. The van der Waals surface area contributed by atoms with Crippen molar-refractivity contribution in [1.29, 1.82) is 0 Å². The zero-order valence-corrected chi connectivity index (χ0v) is 11.4. The zero-order chi connectivity index (χ0) is 13.7. The van der Waals surface area contributed by atoms with Gasteiger partial charge >= 0.3 is 0 Å². The van der Waals surface area contributed by atoms with E-state index in [4.69, 9.17) is 9.15 Å². The number of carbonyl (C=O) groups excluding carboxylic acids is 1. The van der Waals surface area contributed by atoms with Crippen molar-refractivity contribution in [3.8, 4) is 0 Å². The molecule has 0 radical (unpaired) electrons. The summed E-state index contributed by atoms with van der Waals surface area (Å²) in [6.07, 6.45) is 5.19. The molecule has 0 bridgehead atoms. The largest absolute Gasteiger partial charge is 0.448 e. The summed E-state index contributed by atoms with van der Waals surface area (Å²) in [4.78, 5) is 16.1. The van der Waals surface area contributed by atoms with Crippen LogP contribution in [0.5, 0.6) is 0 Å². The molecule has 1 fully saturated rings. The van der Waals surface area contributed by atoms with Crippen molar-refractivity contribution in [2.75, 3.05) is 19.8 Å². The third-order valence-electron chi connectivity index (χ3n) is 3.10. The maximum atomic E-state index is 11.8. The van der Waals surface area contributed by atoms with Crippen LogP contribution in [0.25, 0.3) is 0 Å². The fraction of sp³-hybridized carbons (Fsp3) is 0.571. The van der Waals surface area contributed by atoms with Crippen LogP contribution in [-0.4, -0.2) is 30.6 Å². The molecule has 0 aliphatic carbocycles. The Morgan fingerprint density at radius 2 is 2.21 bits per heavy atom. The molecule has 1 amide bonds. The molecule has 5 nitrogen and oxygen atoms in total. The van der Waals surface area contributed by atoms with Gasteiger partial charge in [-0.15, -0.1) is 0 Å². The Morgan fingerprint density at radius 3 is 2.89 bits per heavy atom. The van der Waals surface area contributed by atoms with Crippen molar-refractivity contribution in [3.63, 3.8) is 0 Å². The van der Waals surface area contributed by atoms with Gasteiger partial charge in [-0.2, -0.15) is 0 Å². The Balaban J connectivity index is 1.92. The van der Waals surface area contributed by atoms with Crippen LogP contribution in [0.2, 0.25) is 0 Å². The predicted molar refractivity (Wildman–Crippen MR) is 71.1 cm³/mol. The normalized spacial score (nSPS) is 16.1. The van der Waals surface area contributed by atoms with Gasteiger partial charge in [-0.1, -0.05) is 11.6 Å². The molecule has 0 aromatic carbocycles. The number of amides is 1.